The Morgan fingerprint density at radius 1 is 1.24 bits per heavy atom. The van der Waals surface area contributed by atoms with Gasteiger partial charge in [0.05, 0.1) is 6.20 Å². The molecule has 6 heteroatoms. The lowest BCUT2D eigenvalue weighted by Gasteiger charge is -2.18. The van der Waals surface area contributed by atoms with Crippen molar-refractivity contribution in [2.75, 3.05) is 7.05 Å². The molecule has 6 nitrogen and oxygen atoms in total. The Hall–Kier alpha value is -2.89. The molecular formula is C19H22N4O2. The summed E-state index contributed by atoms with van der Waals surface area (Å²) >= 11 is 0. The smallest absolute Gasteiger partial charge is 0.258 e. The van der Waals surface area contributed by atoms with E-state index in [0.717, 1.165) is 23.2 Å². The molecule has 0 spiro atoms. The van der Waals surface area contributed by atoms with Gasteiger partial charge in [-0.1, -0.05) is 18.2 Å². The first-order valence-electron chi connectivity index (χ1n) is 8.34. The normalized spacial score (nSPS) is 11.0. The van der Waals surface area contributed by atoms with Crippen molar-refractivity contribution in [3.8, 4) is 0 Å². The average Bonchev–Trinajstić information content (AvgIpc) is 2.97. The van der Waals surface area contributed by atoms with Crippen LogP contribution < -0.4 is 5.56 Å². The molecule has 0 atom stereocenters. The van der Waals surface area contributed by atoms with Crippen molar-refractivity contribution < 1.29 is 4.79 Å². The molecule has 0 saturated carbocycles. The number of likely N-dealkylation sites (N-methyl/N-ethyl adjacent to an activating group) is 1. The predicted octanol–water partition coefficient (Wildman–Crippen LogP) is 2.18. The van der Waals surface area contributed by atoms with Crippen molar-refractivity contribution in [2.45, 2.75) is 33.5 Å². The number of rotatable bonds is 5. The first-order chi connectivity index (χ1) is 12.0. The highest BCUT2D eigenvalue weighted by molar-refractivity contribution is 5.82. The minimum atomic E-state index is -0.144. The first kappa shape index (κ1) is 17.0. The van der Waals surface area contributed by atoms with Gasteiger partial charge in [0.2, 0.25) is 5.91 Å². The number of aromatic nitrogens is 3. The summed E-state index contributed by atoms with van der Waals surface area (Å²) in [5.41, 5.74) is 1.93. The van der Waals surface area contributed by atoms with E-state index in [0.29, 0.717) is 11.9 Å². The van der Waals surface area contributed by atoms with E-state index in [1.54, 1.807) is 30.4 Å². The molecule has 0 aliphatic rings. The number of amides is 1. The first-order valence-corrected chi connectivity index (χ1v) is 8.34. The molecule has 0 unspecified atom stereocenters. The molecule has 0 aliphatic carbocycles. The van der Waals surface area contributed by atoms with Crippen LogP contribution in [-0.2, 0) is 24.4 Å². The van der Waals surface area contributed by atoms with Gasteiger partial charge in [0, 0.05) is 43.0 Å². The second kappa shape index (κ2) is 6.93. The van der Waals surface area contributed by atoms with Gasteiger partial charge in [0.1, 0.15) is 6.54 Å². The lowest BCUT2D eigenvalue weighted by Crippen LogP contribution is -2.33. The summed E-state index contributed by atoms with van der Waals surface area (Å²) in [6, 6.07) is 9.26. The molecule has 1 amide bonds. The molecule has 130 valence electrons. The second-order valence-electron chi connectivity index (χ2n) is 6.16. The number of benzene rings is 1. The fourth-order valence-corrected chi connectivity index (χ4v) is 2.92. The highest BCUT2D eigenvalue weighted by atomic mass is 16.2. The molecule has 0 aliphatic heterocycles. The predicted molar refractivity (Wildman–Crippen MR) is 97.3 cm³/mol. The summed E-state index contributed by atoms with van der Waals surface area (Å²) in [7, 11) is 1.75. The van der Waals surface area contributed by atoms with Gasteiger partial charge < -0.3 is 9.47 Å². The molecule has 0 bridgehead atoms. The van der Waals surface area contributed by atoms with Crippen LogP contribution >= 0.6 is 0 Å². The van der Waals surface area contributed by atoms with E-state index < -0.39 is 0 Å². The molecule has 2 heterocycles. The number of carbonyl (C=O) groups is 1. The van der Waals surface area contributed by atoms with E-state index in [1.807, 2.05) is 42.8 Å². The molecule has 2 aromatic heterocycles. The fraction of sp³-hybridized carbons (Fsp3) is 0.316. The number of nitrogens with zero attached hydrogens (tertiary/aromatic N) is 4. The third-order valence-corrected chi connectivity index (χ3v) is 4.53. The third-order valence-electron chi connectivity index (χ3n) is 4.53. The van der Waals surface area contributed by atoms with Crippen LogP contribution in [0, 0.1) is 6.92 Å². The average molecular weight is 338 g/mol. The Morgan fingerprint density at radius 3 is 2.72 bits per heavy atom. The van der Waals surface area contributed by atoms with Crippen molar-refractivity contribution in [1.29, 1.82) is 0 Å². The quantitative estimate of drug-likeness (QED) is 0.716. The van der Waals surface area contributed by atoms with Crippen LogP contribution in [-0.4, -0.2) is 32.2 Å². The minimum absolute atomic E-state index is 0.0289. The molecule has 0 radical (unpaired) electrons. The van der Waals surface area contributed by atoms with E-state index >= 15 is 0 Å². The van der Waals surface area contributed by atoms with Crippen LogP contribution in [0.3, 0.4) is 0 Å². The third kappa shape index (κ3) is 3.33. The van der Waals surface area contributed by atoms with Crippen LogP contribution in [0.1, 0.15) is 18.2 Å². The Balaban J connectivity index is 1.76. The maximum absolute atomic E-state index is 12.5. The maximum Gasteiger partial charge on any atom is 0.258 e. The molecule has 1 aromatic carbocycles. The largest absolute Gasteiger partial charge is 0.340 e. The van der Waals surface area contributed by atoms with Gasteiger partial charge in [-0.15, -0.1) is 0 Å². The van der Waals surface area contributed by atoms with Gasteiger partial charge in [0.15, 0.2) is 0 Å². The molecule has 0 N–H and O–H groups in total. The minimum Gasteiger partial charge on any atom is -0.340 e. The Kier molecular flexibility index (Phi) is 4.70. The second-order valence-corrected chi connectivity index (χ2v) is 6.16. The van der Waals surface area contributed by atoms with Crippen molar-refractivity contribution in [1.82, 2.24) is 19.2 Å². The maximum atomic E-state index is 12.5. The van der Waals surface area contributed by atoms with E-state index in [2.05, 4.69) is 5.10 Å². The summed E-state index contributed by atoms with van der Waals surface area (Å²) in [5.74, 6) is -0.110. The van der Waals surface area contributed by atoms with Crippen LogP contribution in [0.15, 0.2) is 47.5 Å². The van der Waals surface area contributed by atoms with E-state index in [1.165, 1.54) is 4.57 Å². The van der Waals surface area contributed by atoms with Crippen LogP contribution in [0.4, 0.5) is 0 Å². The standard InChI is InChI=1S/C19H22N4O2/c1-4-23-14(2)16(11-20-23)12-21(3)18(24)13-22-10-9-15-7-5-6-8-17(15)19(22)25/h5-11H,4,12-13H2,1-3H3. The monoisotopic (exact) mass is 338 g/mol. The van der Waals surface area contributed by atoms with E-state index in [4.69, 9.17) is 0 Å². The zero-order chi connectivity index (χ0) is 18.0. The summed E-state index contributed by atoms with van der Waals surface area (Å²) in [6.07, 6.45) is 3.47. The highest BCUT2D eigenvalue weighted by Gasteiger charge is 2.14. The SMILES string of the molecule is CCn1ncc(CN(C)C(=O)Cn2ccc3ccccc3c2=O)c1C. The lowest BCUT2D eigenvalue weighted by molar-refractivity contribution is -0.131. The number of aryl methyl sites for hydroxylation is 1. The Bertz CT molecular complexity index is 971. The summed E-state index contributed by atoms with van der Waals surface area (Å²) < 4.78 is 3.37. The van der Waals surface area contributed by atoms with Gasteiger partial charge >= 0.3 is 0 Å². The summed E-state index contributed by atoms with van der Waals surface area (Å²) in [5, 5.41) is 5.81. The number of hydrogen-bond donors (Lipinski definition) is 0. The van der Waals surface area contributed by atoms with Crippen LogP contribution in [0.5, 0.6) is 0 Å². The molecule has 3 aromatic rings. The Morgan fingerprint density at radius 2 is 2.00 bits per heavy atom. The van der Waals surface area contributed by atoms with Crippen molar-refractivity contribution in [3.05, 3.63) is 64.3 Å². The topological polar surface area (TPSA) is 60.1 Å². The van der Waals surface area contributed by atoms with Crippen LogP contribution in [0.25, 0.3) is 10.8 Å². The zero-order valence-corrected chi connectivity index (χ0v) is 14.8. The summed E-state index contributed by atoms with van der Waals surface area (Å²) in [6.45, 7) is 5.34. The molecule has 3 rings (SSSR count). The fourth-order valence-electron chi connectivity index (χ4n) is 2.92. The number of carbonyl (C=O) groups excluding carboxylic acids is 1. The van der Waals surface area contributed by atoms with Gasteiger partial charge in [-0.05, 0) is 31.4 Å². The number of fused-ring (bicyclic) bond motifs is 1. The van der Waals surface area contributed by atoms with Crippen LogP contribution in [0.2, 0.25) is 0 Å². The van der Waals surface area contributed by atoms with Gasteiger partial charge in [-0.25, -0.2) is 0 Å². The lowest BCUT2D eigenvalue weighted by atomic mass is 10.2. The number of hydrogen-bond acceptors (Lipinski definition) is 3. The van der Waals surface area contributed by atoms with Gasteiger partial charge in [-0.2, -0.15) is 5.10 Å². The molecule has 25 heavy (non-hydrogen) atoms. The Labute approximate surface area is 146 Å². The van der Waals surface area contributed by atoms with Crippen molar-refractivity contribution >= 4 is 16.7 Å². The van der Waals surface area contributed by atoms with E-state index in [9.17, 15) is 9.59 Å². The molecule has 0 saturated heterocycles. The number of pyridine rings is 1. The van der Waals surface area contributed by atoms with Gasteiger partial charge in [-0.3, -0.25) is 14.3 Å². The van der Waals surface area contributed by atoms with Gasteiger partial charge in [0.25, 0.3) is 5.56 Å². The molecular weight excluding hydrogens is 316 g/mol. The highest BCUT2D eigenvalue weighted by Crippen LogP contribution is 2.11. The zero-order valence-electron chi connectivity index (χ0n) is 14.8. The van der Waals surface area contributed by atoms with Crippen molar-refractivity contribution in [3.63, 3.8) is 0 Å². The molecule has 0 fully saturated rings. The summed E-state index contributed by atoms with van der Waals surface area (Å²) in [4.78, 5) is 26.7. The van der Waals surface area contributed by atoms with Crippen molar-refractivity contribution in [2.24, 2.45) is 0 Å². The van der Waals surface area contributed by atoms with E-state index in [-0.39, 0.29) is 18.0 Å².